The van der Waals surface area contributed by atoms with Crippen LogP contribution in [0.4, 0.5) is 4.79 Å². The first-order valence-electron chi connectivity index (χ1n) is 6.09. The zero-order valence-electron chi connectivity index (χ0n) is 11.0. The van der Waals surface area contributed by atoms with Crippen LogP contribution < -0.4 is 5.32 Å². The second-order valence-electron chi connectivity index (χ2n) is 5.35. The minimum Gasteiger partial charge on any atom is -0.481 e. The van der Waals surface area contributed by atoms with E-state index in [1.807, 2.05) is 12.1 Å². The van der Waals surface area contributed by atoms with Gasteiger partial charge in [0.25, 0.3) is 0 Å². The molecule has 2 amide bonds. The van der Waals surface area contributed by atoms with E-state index in [0.717, 1.165) is 5.56 Å². The highest BCUT2D eigenvalue weighted by molar-refractivity contribution is 5.79. The zero-order chi connectivity index (χ0) is 14.0. The summed E-state index contributed by atoms with van der Waals surface area (Å²) >= 11 is 0. The van der Waals surface area contributed by atoms with Crippen LogP contribution in [0.25, 0.3) is 0 Å². The van der Waals surface area contributed by atoms with Crippen LogP contribution >= 0.6 is 0 Å². The van der Waals surface area contributed by atoms with Gasteiger partial charge in [-0.1, -0.05) is 0 Å². The van der Waals surface area contributed by atoms with Crippen molar-refractivity contribution in [1.82, 2.24) is 15.2 Å². The topological polar surface area (TPSA) is 82.5 Å². The number of hydrogen-bond donors (Lipinski definition) is 2. The van der Waals surface area contributed by atoms with E-state index in [4.69, 9.17) is 5.11 Å². The van der Waals surface area contributed by atoms with Gasteiger partial charge in [-0.25, -0.2) is 4.79 Å². The molecule has 1 aliphatic rings. The maximum Gasteiger partial charge on any atom is 0.318 e. The normalized spacial score (nSPS) is 19.4. The second kappa shape index (κ2) is 4.87. The Labute approximate surface area is 111 Å². The number of hydrogen-bond acceptors (Lipinski definition) is 3. The van der Waals surface area contributed by atoms with Crippen molar-refractivity contribution in [1.29, 1.82) is 0 Å². The number of urea groups is 1. The molecule has 1 aromatic rings. The molecule has 0 aromatic carbocycles. The Morgan fingerprint density at radius 1 is 1.53 bits per heavy atom. The molecule has 2 heterocycles. The van der Waals surface area contributed by atoms with Gasteiger partial charge in [-0.2, -0.15) is 0 Å². The first kappa shape index (κ1) is 13.3. The quantitative estimate of drug-likeness (QED) is 0.856. The molecule has 0 saturated carbocycles. The Morgan fingerprint density at radius 2 is 2.16 bits per heavy atom. The van der Waals surface area contributed by atoms with Crippen LogP contribution in [0.2, 0.25) is 0 Å². The molecule has 1 aromatic heterocycles. The van der Waals surface area contributed by atoms with E-state index in [1.165, 1.54) is 0 Å². The Bertz CT molecular complexity index is 487. The van der Waals surface area contributed by atoms with Crippen LogP contribution in [0.5, 0.6) is 0 Å². The molecule has 102 valence electrons. The first-order valence-corrected chi connectivity index (χ1v) is 6.09. The van der Waals surface area contributed by atoms with Crippen molar-refractivity contribution in [2.45, 2.75) is 19.9 Å². The molecule has 0 bridgehead atoms. The molecule has 1 atom stereocenters. The highest BCUT2D eigenvalue weighted by atomic mass is 16.4. The van der Waals surface area contributed by atoms with E-state index >= 15 is 0 Å². The lowest BCUT2D eigenvalue weighted by Crippen LogP contribution is -2.40. The molecular formula is C13H17N3O3. The van der Waals surface area contributed by atoms with Crippen molar-refractivity contribution in [3.05, 3.63) is 30.1 Å². The van der Waals surface area contributed by atoms with E-state index < -0.39 is 11.4 Å². The molecule has 0 radical (unpaired) electrons. The SMILES string of the molecule is CC(C)(CN1CC(c2ccncc2)NC1=O)C(=O)O. The molecule has 0 spiro atoms. The standard InChI is InChI=1S/C13H17N3O3/c1-13(2,11(17)18)8-16-7-10(15-12(16)19)9-3-5-14-6-4-9/h3-6,10H,7-8H2,1-2H3,(H,15,19)(H,17,18). The van der Waals surface area contributed by atoms with Crippen molar-refractivity contribution in [3.63, 3.8) is 0 Å². The molecule has 2 N–H and O–H groups in total. The summed E-state index contributed by atoms with van der Waals surface area (Å²) in [7, 11) is 0. The summed E-state index contributed by atoms with van der Waals surface area (Å²) in [6, 6.07) is 3.35. The van der Waals surface area contributed by atoms with E-state index in [2.05, 4.69) is 10.3 Å². The molecule has 6 heteroatoms. The maximum atomic E-state index is 11.9. The summed E-state index contributed by atoms with van der Waals surface area (Å²) in [5.41, 5.74) is 0.0174. The lowest BCUT2D eigenvalue weighted by atomic mass is 9.93. The molecule has 1 aliphatic heterocycles. The molecule has 0 aliphatic carbocycles. The first-order chi connectivity index (χ1) is 8.90. The van der Waals surface area contributed by atoms with Gasteiger partial charge in [0, 0.05) is 25.5 Å². The number of carbonyl (C=O) groups excluding carboxylic acids is 1. The summed E-state index contributed by atoms with van der Waals surface area (Å²) in [5, 5.41) is 12.0. The number of carbonyl (C=O) groups is 2. The van der Waals surface area contributed by atoms with Crippen LogP contribution in [-0.2, 0) is 4.79 Å². The van der Waals surface area contributed by atoms with E-state index in [0.29, 0.717) is 6.54 Å². The van der Waals surface area contributed by atoms with Crippen LogP contribution in [0, 0.1) is 5.41 Å². The summed E-state index contributed by atoms with van der Waals surface area (Å²) < 4.78 is 0. The third-order valence-corrected chi connectivity index (χ3v) is 3.26. The van der Waals surface area contributed by atoms with Crippen LogP contribution in [-0.4, -0.2) is 40.1 Å². The predicted molar refractivity (Wildman–Crippen MR) is 68.5 cm³/mol. The van der Waals surface area contributed by atoms with Gasteiger partial charge in [0.05, 0.1) is 11.5 Å². The maximum absolute atomic E-state index is 11.9. The van der Waals surface area contributed by atoms with Crippen LogP contribution in [0.1, 0.15) is 25.5 Å². The molecule has 1 saturated heterocycles. The summed E-state index contributed by atoms with van der Waals surface area (Å²) in [4.78, 5) is 28.4. The molecule has 1 fully saturated rings. The highest BCUT2D eigenvalue weighted by Gasteiger charge is 2.36. The number of rotatable bonds is 4. The zero-order valence-corrected chi connectivity index (χ0v) is 11.0. The summed E-state index contributed by atoms with van der Waals surface area (Å²) in [6.45, 7) is 3.89. The number of carboxylic acids is 1. The van der Waals surface area contributed by atoms with Gasteiger partial charge in [0.15, 0.2) is 0 Å². The number of pyridine rings is 1. The largest absolute Gasteiger partial charge is 0.481 e. The summed E-state index contributed by atoms with van der Waals surface area (Å²) in [5.74, 6) is -0.910. The van der Waals surface area contributed by atoms with Gasteiger partial charge in [0.1, 0.15) is 0 Å². The molecular weight excluding hydrogens is 246 g/mol. The lowest BCUT2D eigenvalue weighted by molar-refractivity contribution is -0.147. The van der Waals surface area contributed by atoms with E-state index in [9.17, 15) is 9.59 Å². The molecule has 1 unspecified atom stereocenters. The predicted octanol–water partition coefficient (Wildman–Crippen LogP) is 1.26. The van der Waals surface area contributed by atoms with Gasteiger partial charge in [-0.05, 0) is 31.5 Å². The van der Waals surface area contributed by atoms with Crippen molar-refractivity contribution < 1.29 is 14.7 Å². The molecule has 6 nitrogen and oxygen atoms in total. The third-order valence-electron chi connectivity index (χ3n) is 3.26. The second-order valence-corrected chi connectivity index (χ2v) is 5.35. The van der Waals surface area contributed by atoms with Gasteiger partial charge in [-0.15, -0.1) is 0 Å². The third kappa shape index (κ3) is 2.83. The van der Waals surface area contributed by atoms with Gasteiger partial charge in [-0.3, -0.25) is 9.78 Å². The Hall–Kier alpha value is -2.11. The van der Waals surface area contributed by atoms with Gasteiger partial charge in [0.2, 0.25) is 0 Å². The van der Waals surface area contributed by atoms with Crippen molar-refractivity contribution in [3.8, 4) is 0 Å². The van der Waals surface area contributed by atoms with Gasteiger partial charge < -0.3 is 15.3 Å². The fraction of sp³-hybridized carbons (Fsp3) is 0.462. The number of amides is 2. The minimum absolute atomic E-state index is 0.111. The molecule has 19 heavy (non-hydrogen) atoms. The Kier molecular flexibility index (Phi) is 3.42. The van der Waals surface area contributed by atoms with Crippen LogP contribution in [0.3, 0.4) is 0 Å². The highest BCUT2D eigenvalue weighted by Crippen LogP contribution is 2.24. The van der Waals surface area contributed by atoms with Crippen LogP contribution in [0.15, 0.2) is 24.5 Å². The van der Waals surface area contributed by atoms with Crippen molar-refractivity contribution in [2.24, 2.45) is 5.41 Å². The van der Waals surface area contributed by atoms with E-state index in [1.54, 1.807) is 31.1 Å². The average molecular weight is 263 g/mol. The average Bonchev–Trinajstić information content (AvgIpc) is 2.71. The van der Waals surface area contributed by atoms with Gasteiger partial charge >= 0.3 is 12.0 Å². The summed E-state index contributed by atoms with van der Waals surface area (Å²) in [6.07, 6.45) is 3.34. The Morgan fingerprint density at radius 3 is 2.74 bits per heavy atom. The fourth-order valence-electron chi connectivity index (χ4n) is 2.05. The van der Waals surface area contributed by atoms with Crippen molar-refractivity contribution in [2.75, 3.05) is 13.1 Å². The number of aliphatic carboxylic acids is 1. The fourth-order valence-corrected chi connectivity index (χ4v) is 2.05. The smallest absolute Gasteiger partial charge is 0.318 e. The number of aromatic nitrogens is 1. The minimum atomic E-state index is -0.954. The number of carboxylic acid groups (broad SMARTS) is 1. The van der Waals surface area contributed by atoms with Crippen molar-refractivity contribution >= 4 is 12.0 Å². The molecule has 2 rings (SSSR count). The Balaban J connectivity index is 2.06. The monoisotopic (exact) mass is 263 g/mol. The number of nitrogens with one attached hydrogen (secondary N) is 1. The van der Waals surface area contributed by atoms with E-state index in [-0.39, 0.29) is 18.6 Å². The number of nitrogens with zero attached hydrogens (tertiary/aromatic N) is 2. The lowest BCUT2D eigenvalue weighted by Gasteiger charge is -2.25.